The standard InChI is InChI=1S/C30H27N5OS2/c1-19-8-4-5-10-26(19)36-23-13-11-22(12-14-23)35-28(27(33-29(35)37)25-9-6-7-15-31-25)24-18-20(2)34(21(24)3)30-32-16-17-38-30/h4-18,27-28H,1-3H3,(H,33,37)/t27-,28+/m1/s1. The Balaban J connectivity index is 1.41. The van der Waals surface area contributed by atoms with Gasteiger partial charge in [0.2, 0.25) is 0 Å². The number of hydrogen-bond donors (Lipinski definition) is 1. The zero-order chi connectivity index (χ0) is 26.2. The lowest BCUT2D eigenvalue weighted by Crippen LogP contribution is -2.29. The molecule has 6 nitrogen and oxygen atoms in total. The Kier molecular flexibility index (Phi) is 6.43. The van der Waals surface area contributed by atoms with Crippen LogP contribution < -0.4 is 15.0 Å². The molecule has 8 heteroatoms. The molecule has 4 heterocycles. The molecule has 0 unspecified atom stereocenters. The molecule has 1 aliphatic heterocycles. The van der Waals surface area contributed by atoms with Crippen LogP contribution in [0.1, 0.15) is 40.3 Å². The maximum atomic E-state index is 6.15. The normalized spacial score (nSPS) is 17.0. The van der Waals surface area contributed by atoms with E-state index in [4.69, 9.17) is 21.9 Å². The molecule has 0 bridgehead atoms. The van der Waals surface area contributed by atoms with Gasteiger partial charge in [-0.3, -0.25) is 9.55 Å². The monoisotopic (exact) mass is 537 g/mol. The lowest BCUT2D eigenvalue weighted by atomic mass is 9.96. The molecule has 38 heavy (non-hydrogen) atoms. The average Bonchev–Trinajstić information content (AvgIpc) is 3.64. The fourth-order valence-electron chi connectivity index (χ4n) is 5.13. The van der Waals surface area contributed by atoms with Gasteiger partial charge in [-0.1, -0.05) is 24.3 Å². The largest absolute Gasteiger partial charge is 0.457 e. The molecule has 190 valence electrons. The summed E-state index contributed by atoms with van der Waals surface area (Å²) >= 11 is 7.56. The number of para-hydroxylation sites is 1. The van der Waals surface area contributed by atoms with E-state index in [9.17, 15) is 0 Å². The molecule has 0 aliphatic carbocycles. The summed E-state index contributed by atoms with van der Waals surface area (Å²) in [6, 6.07) is 24.2. The SMILES string of the molecule is Cc1ccccc1Oc1ccc(N2C(=S)N[C@H](c3ccccn3)[C@@H]2c2cc(C)n(-c3nccs3)c2C)cc1. The molecular weight excluding hydrogens is 510 g/mol. The number of nitrogens with zero attached hydrogens (tertiary/aromatic N) is 4. The summed E-state index contributed by atoms with van der Waals surface area (Å²) in [6.45, 7) is 6.32. The number of anilines is 1. The van der Waals surface area contributed by atoms with Crippen molar-refractivity contribution in [2.24, 2.45) is 0 Å². The fraction of sp³-hybridized carbons (Fsp3) is 0.167. The van der Waals surface area contributed by atoms with Gasteiger partial charge in [-0.15, -0.1) is 11.3 Å². The average molecular weight is 538 g/mol. The molecule has 3 aromatic heterocycles. The van der Waals surface area contributed by atoms with Crippen molar-refractivity contribution in [3.05, 3.63) is 119 Å². The third kappa shape index (κ3) is 4.36. The summed E-state index contributed by atoms with van der Waals surface area (Å²) < 4.78 is 8.37. The minimum atomic E-state index is -0.114. The van der Waals surface area contributed by atoms with Crippen LogP contribution in [0.5, 0.6) is 11.5 Å². The van der Waals surface area contributed by atoms with Crippen molar-refractivity contribution in [3.63, 3.8) is 0 Å². The van der Waals surface area contributed by atoms with Gasteiger partial charge >= 0.3 is 0 Å². The van der Waals surface area contributed by atoms with Gasteiger partial charge in [-0.05, 0) is 92.6 Å². The van der Waals surface area contributed by atoms with Crippen LogP contribution in [0, 0.1) is 20.8 Å². The number of ether oxygens (including phenoxy) is 1. The first-order chi connectivity index (χ1) is 18.5. The number of hydrogen-bond acceptors (Lipinski definition) is 5. The van der Waals surface area contributed by atoms with E-state index < -0.39 is 0 Å². The number of rotatable bonds is 6. The van der Waals surface area contributed by atoms with Crippen LogP contribution in [0.15, 0.2) is 90.6 Å². The minimum Gasteiger partial charge on any atom is -0.457 e. The molecule has 6 rings (SSSR count). The van der Waals surface area contributed by atoms with Gasteiger partial charge in [0.1, 0.15) is 11.5 Å². The van der Waals surface area contributed by atoms with Crippen molar-refractivity contribution in [3.8, 4) is 16.6 Å². The molecular formula is C30H27N5OS2. The third-order valence-corrected chi connectivity index (χ3v) is 8.01. The van der Waals surface area contributed by atoms with Crippen LogP contribution in [-0.2, 0) is 0 Å². The Hall–Kier alpha value is -4.01. The lowest BCUT2D eigenvalue weighted by molar-refractivity contribution is 0.479. The molecule has 1 saturated heterocycles. The fourth-order valence-corrected chi connectivity index (χ4v) is 6.23. The number of thiocarbonyl (C=S) groups is 1. The number of pyridine rings is 1. The van der Waals surface area contributed by atoms with E-state index in [-0.39, 0.29) is 12.1 Å². The van der Waals surface area contributed by atoms with Gasteiger partial charge in [-0.25, -0.2) is 4.98 Å². The Morgan fingerprint density at radius 1 is 0.921 bits per heavy atom. The summed E-state index contributed by atoms with van der Waals surface area (Å²) in [5.74, 6) is 1.63. The van der Waals surface area contributed by atoms with Gasteiger partial charge in [0.15, 0.2) is 10.2 Å². The molecule has 0 radical (unpaired) electrons. The van der Waals surface area contributed by atoms with E-state index in [2.05, 4.69) is 57.9 Å². The zero-order valence-electron chi connectivity index (χ0n) is 21.3. The molecule has 2 aromatic carbocycles. The van der Waals surface area contributed by atoms with Crippen molar-refractivity contribution in [2.75, 3.05) is 4.90 Å². The van der Waals surface area contributed by atoms with Gasteiger partial charge in [0, 0.05) is 34.8 Å². The lowest BCUT2D eigenvalue weighted by Gasteiger charge is -2.28. The highest BCUT2D eigenvalue weighted by Gasteiger charge is 2.42. The summed E-state index contributed by atoms with van der Waals surface area (Å²) in [5, 5.41) is 7.19. The van der Waals surface area contributed by atoms with Crippen LogP contribution in [0.3, 0.4) is 0 Å². The van der Waals surface area contributed by atoms with Crippen LogP contribution in [0.25, 0.3) is 5.13 Å². The maximum Gasteiger partial charge on any atom is 0.193 e. The van der Waals surface area contributed by atoms with E-state index in [0.29, 0.717) is 5.11 Å². The second-order valence-corrected chi connectivity index (χ2v) is 10.6. The highest BCUT2D eigenvalue weighted by atomic mass is 32.1. The highest BCUT2D eigenvalue weighted by molar-refractivity contribution is 7.80. The third-order valence-electron chi connectivity index (χ3n) is 6.93. The van der Waals surface area contributed by atoms with E-state index in [1.54, 1.807) is 11.3 Å². The van der Waals surface area contributed by atoms with Crippen LogP contribution in [0.4, 0.5) is 5.69 Å². The minimum absolute atomic E-state index is 0.0968. The van der Waals surface area contributed by atoms with Gasteiger partial charge in [0.05, 0.1) is 17.8 Å². The molecule has 0 amide bonds. The maximum absolute atomic E-state index is 6.15. The summed E-state index contributed by atoms with van der Waals surface area (Å²) in [6.07, 6.45) is 3.67. The van der Waals surface area contributed by atoms with Crippen molar-refractivity contribution in [2.45, 2.75) is 32.9 Å². The Bertz CT molecular complexity index is 1580. The number of benzene rings is 2. The second kappa shape index (κ2) is 10.0. The number of thiazole rings is 1. The van der Waals surface area contributed by atoms with Crippen LogP contribution in [-0.4, -0.2) is 19.6 Å². The topological polar surface area (TPSA) is 55.2 Å². The number of aromatic nitrogens is 3. The summed E-state index contributed by atoms with van der Waals surface area (Å²) in [5.41, 5.74) is 6.48. The zero-order valence-corrected chi connectivity index (χ0v) is 23.0. The van der Waals surface area contributed by atoms with E-state index in [1.807, 2.05) is 73.2 Å². The van der Waals surface area contributed by atoms with E-state index >= 15 is 0 Å². The Labute approximate surface area is 231 Å². The van der Waals surface area contributed by atoms with Crippen LogP contribution >= 0.6 is 23.6 Å². The quantitative estimate of drug-likeness (QED) is 0.231. The first kappa shape index (κ1) is 24.3. The van der Waals surface area contributed by atoms with Gasteiger partial charge < -0.3 is 15.0 Å². The van der Waals surface area contributed by atoms with Gasteiger partial charge in [-0.2, -0.15) is 0 Å². The van der Waals surface area contributed by atoms with Crippen molar-refractivity contribution in [1.82, 2.24) is 19.9 Å². The first-order valence-corrected chi connectivity index (χ1v) is 13.7. The molecule has 1 aliphatic rings. The molecule has 0 saturated carbocycles. The number of nitrogens with one attached hydrogen (secondary N) is 1. The first-order valence-electron chi connectivity index (χ1n) is 12.4. The summed E-state index contributed by atoms with van der Waals surface area (Å²) in [4.78, 5) is 11.5. The predicted molar refractivity (Wildman–Crippen MR) is 157 cm³/mol. The molecule has 2 atom stereocenters. The second-order valence-electron chi connectivity index (χ2n) is 9.33. The van der Waals surface area contributed by atoms with Gasteiger partial charge in [0.25, 0.3) is 0 Å². The van der Waals surface area contributed by atoms with E-state index in [0.717, 1.165) is 45.0 Å². The van der Waals surface area contributed by atoms with Crippen molar-refractivity contribution < 1.29 is 4.74 Å². The Morgan fingerprint density at radius 2 is 1.71 bits per heavy atom. The molecule has 0 spiro atoms. The molecule has 1 fully saturated rings. The van der Waals surface area contributed by atoms with Crippen molar-refractivity contribution >= 4 is 34.4 Å². The highest BCUT2D eigenvalue weighted by Crippen LogP contribution is 2.44. The predicted octanol–water partition coefficient (Wildman–Crippen LogP) is 7.22. The van der Waals surface area contributed by atoms with Crippen molar-refractivity contribution in [1.29, 1.82) is 0 Å². The molecule has 1 N–H and O–H groups in total. The van der Waals surface area contributed by atoms with E-state index in [1.165, 1.54) is 5.56 Å². The smallest absolute Gasteiger partial charge is 0.193 e. The Morgan fingerprint density at radius 3 is 2.42 bits per heavy atom. The van der Waals surface area contributed by atoms with Crippen LogP contribution in [0.2, 0.25) is 0 Å². The summed E-state index contributed by atoms with van der Waals surface area (Å²) in [7, 11) is 0. The number of aryl methyl sites for hydroxylation is 2. The molecule has 5 aromatic rings.